The highest BCUT2D eigenvalue weighted by molar-refractivity contribution is 5.77. The monoisotopic (exact) mass is 244 g/mol. The summed E-state index contributed by atoms with van der Waals surface area (Å²) in [6.07, 6.45) is 2.25. The molecule has 0 aliphatic heterocycles. The first-order valence-corrected chi connectivity index (χ1v) is 5.74. The molecule has 0 atom stereocenters. The number of carbonyl (C=O) groups is 1. The topological polar surface area (TPSA) is 72.9 Å². The van der Waals surface area contributed by atoms with Crippen molar-refractivity contribution in [3.05, 3.63) is 53.3 Å². The van der Waals surface area contributed by atoms with E-state index in [4.69, 9.17) is 5.84 Å². The summed E-state index contributed by atoms with van der Waals surface area (Å²) in [5, 5.41) is 4.33. The van der Waals surface area contributed by atoms with Gasteiger partial charge < -0.3 is 0 Å². The number of carbonyl (C=O) groups excluding carboxylic acids is 1. The molecule has 0 radical (unpaired) electrons. The van der Waals surface area contributed by atoms with Crippen molar-refractivity contribution in [2.45, 2.75) is 19.9 Å². The Morgan fingerprint density at radius 1 is 1.28 bits per heavy atom. The smallest absolute Gasteiger partial charge is 0.238 e. The molecule has 18 heavy (non-hydrogen) atoms. The van der Waals surface area contributed by atoms with E-state index in [1.807, 2.05) is 48.1 Å². The Balaban J connectivity index is 2.01. The number of nitrogens with one attached hydrogen (secondary N) is 1. The third-order valence-electron chi connectivity index (χ3n) is 2.67. The normalized spacial score (nSPS) is 10.3. The van der Waals surface area contributed by atoms with Crippen LogP contribution >= 0.6 is 0 Å². The molecule has 1 amide bonds. The van der Waals surface area contributed by atoms with Gasteiger partial charge in [0.2, 0.25) is 5.91 Å². The van der Waals surface area contributed by atoms with Crippen molar-refractivity contribution >= 4 is 5.91 Å². The number of hydrogen-bond donors (Lipinski definition) is 2. The van der Waals surface area contributed by atoms with Gasteiger partial charge in [0, 0.05) is 6.20 Å². The van der Waals surface area contributed by atoms with Crippen molar-refractivity contribution < 1.29 is 4.79 Å². The number of aryl methyl sites for hydroxylation is 1. The van der Waals surface area contributed by atoms with E-state index in [9.17, 15) is 4.79 Å². The number of hydrazine groups is 1. The number of benzene rings is 1. The van der Waals surface area contributed by atoms with Gasteiger partial charge in [0.05, 0.1) is 18.7 Å². The maximum atomic E-state index is 11.1. The molecule has 1 heterocycles. The van der Waals surface area contributed by atoms with Crippen LogP contribution in [0.1, 0.15) is 16.8 Å². The Kier molecular flexibility index (Phi) is 3.74. The molecule has 0 fully saturated rings. The van der Waals surface area contributed by atoms with Crippen molar-refractivity contribution in [2.24, 2.45) is 5.84 Å². The zero-order valence-corrected chi connectivity index (χ0v) is 10.3. The molecule has 0 unspecified atom stereocenters. The minimum atomic E-state index is -0.189. The van der Waals surface area contributed by atoms with Crippen molar-refractivity contribution in [3.8, 4) is 0 Å². The first kappa shape index (κ1) is 12.3. The third-order valence-corrected chi connectivity index (χ3v) is 2.67. The van der Waals surface area contributed by atoms with Gasteiger partial charge >= 0.3 is 0 Å². The lowest BCUT2D eigenvalue weighted by molar-refractivity contribution is -0.120. The van der Waals surface area contributed by atoms with Crippen LogP contribution in [0.4, 0.5) is 0 Å². The van der Waals surface area contributed by atoms with Crippen LogP contribution in [0.25, 0.3) is 0 Å². The standard InChI is InChI=1S/C13H16N4O/c1-10-6-7-17(16-10)9-12-4-2-11(3-5-12)8-13(18)15-14/h2-7H,8-9,14H2,1H3,(H,15,18). The summed E-state index contributed by atoms with van der Waals surface area (Å²) in [5.74, 6) is 4.85. The first-order chi connectivity index (χ1) is 8.67. The van der Waals surface area contributed by atoms with E-state index in [0.717, 1.165) is 23.4 Å². The van der Waals surface area contributed by atoms with Crippen molar-refractivity contribution in [3.63, 3.8) is 0 Å². The fourth-order valence-electron chi connectivity index (χ4n) is 1.74. The van der Waals surface area contributed by atoms with Crippen LogP contribution in [0, 0.1) is 6.92 Å². The molecule has 0 bridgehead atoms. The van der Waals surface area contributed by atoms with Crippen LogP contribution in [0.5, 0.6) is 0 Å². The maximum absolute atomic E-state index is 11.1. The second-order valence-corrected chi connectivity index (χ2v) is 4.22. The van der Waals surface area contributed by atoms with Gasteiger partial charge in [-0.3, -0.25) is 14.9 Å². The summed E-state index contributed by atoms with van der Waals surface area (Å²) in [5.41, 5.74) is 5.21. The molecular weight excluding hydrogens is 228 g/mol. The molecule has 1 aromatic carbocycles. The summed E-state index contributed by atoms with van der Waals surface area (Å²) in [4.78, 5) is 11.1. The average Bonchev–Trinajstić information content (AvgIpc) is 2.77. The highest BCUT2D eigenvalue weighted by Gasteiger charge is 2.02. The fraction of sp³-hybridized carbons (Fsp3) is 0.231. The summed E-state index contributed by atoms with van der Waals surface area (Å²) in [7, 11) is 0. The lowest BCUT2D eigenvalue weighted by Gasteiger charge is -2.04. The van der Waals surface area contributed by atoms with Crippen LogP contribution < -0.4 is 11.3 Å². The van der Waals surface area contributed by atoms with E-state index in [2.05, 4.69) is 10.5 Å². The fourth-order valence-corrected chi connectivity index (χ4v) is 1.74. The number of hydrogen-bond acceptors (Lipinski definition) is 3. The molecule has 0 spiro atoms. The quantitative estimate of drug-likeness (QED) is 0.474. The van der Waals surface area contributed by atoms with Gasteiger partial charge in [0.15, 0.2) is 0 Å². The summed E-state index contributed by atoms with van der Waals surface area (Å²) in [6.45, 7) is 2.70. The Morgan fingerprint density at radius 2 is 1.94 bits per heavy atom. The molecule has 0 saturated heterocycles. The Hall–Kier alpha value is -2.14. The van der Waals surface area contributed by atoms with E-state index in [0.29, 0.717) is 6.42 Å². The highest BCUT2D eigenvalue weighted by Crippen LogP contribution is 2.07. The van der Waals surface area contributed by atoms with Crippen LogP contribution in [-0.4, -0.2) is 15.7 Å². The van der Waals surface area contributed by atoms with E-state index in [-0.39, 0.29) is 5.91 Å². The largest absolute Gasteiger partial charge is 0.294 e. The van der Waals surface area contributed by atoms with Crippen LogP contribution in [0.3, 0.4) is 0 Å². The molecule has 1 aromatic heterocycles. The molecule has 0 aliphatic carbocycles. The molecule has 3 N–H and O–H groups in total. The van der Waals surface area contributed by atoms with E-state index < -0.39 is 0 Å². The lowest BCUT2D eigenvalue weighted by Crippen LogP contribution is -2.31. The van der Waals surface area contributed by atoms with Gasteiger partial charge in [-0.25, -0.2) is 5.84 Å². The molecule has 0 saturated carbocycles. The predicted molar refractivity (Wildman–Crippen MR) is 68.5 cm³/mol. The van der Waals surface area contributed by atoms with E-state index in [1.165, 1.54) is 0 Å². The molecule has 5 nitrogen and oxygen atoms in total. The molecule has 94 valence electrons. The van der Waals surface area contributed by atoms with Crippen molar-refractivity contribution in [1.82, 2.24) is 15.2 Å². The molecule has 0 aliphatic rings. The van der Waals surface area contributed by atoms with Crippen LogP contribution in [0.2, 0.25) is 0 Å². The van der Waals surface area contributed by atoms with E-state index >= 15 is 0 Å². The minimum Gasteiger partial charge on any atom is -0.294 e. The van der Waals surface area contributed by atoms with Gasteiger partial charge in [0.1, 0.15) is 0 Å². The predicted octanol–water partition coefficient (Wildman–Crippen LogP) is 0.772. The third kappa shape index (κ3) is 3.18. The molecule has 2 aromatic rings. The first-order valence-electron chi connectivity index (χ1n) is 5.74. The number of nitrogens with two attached hydrogens (primary N) is 1. The Bertz CT molecular complexity index is 530. The Morgan fingerprint density at radius 3 is 2.50 bits per heavy atom. The summed E-state index contributed by atoms with van der Waals surface area (Å²) in [6, 6.07) is 9.83. The lowest BCUT2D eigenvalue weighted by atomic mass is 10.1. The van der Waals surface area contributed by atoms with Gasteiger partial charge in [-0.1, -0.05) is 24.3 Å². The van der Waals surface area contributed by atoms with Crippen LogP contribution in [-0.2, 0) is 17.8 Å². The zero-order valence-electron chi connectivity index (χ0n) is 10.3. The van der Waals surface area contributed by atoms with Crippen molar-refractivity contribution in [1.29, 1.82) is 0 Å². The maximum Gasteiger partial charge on any atom is 0.238 e. The number of rotatable bonds is 4. The second-order valence-electron chi connectivity index (χ2n) is 4.22. The van der Waals surface area contributed by atoms with Gasteiger partial charge in [-0.2, -0.15) is 5.10 Å². The number of nitrogens with zero attached hydrogens (tertiary/aromatic N) is 2. The van der Waals surface area contributed by atoms with Gasteiger partial charge in [-0.15, -0.1) is 0 Å². The average molecular weight is 244 g/mol. The molecule has 5 heteroatoms. The summed E-state index contributed by atoms with van der Waals surface area (Å²) >= 11 is 0. The molecule has 2 rings (SSSR count). The second kappa shape index (κ2) is 5.46. The SMILES string of the molecule is Cc1ccn(Cc2ccc(CC(=O)NN)cc2)n1. The highest BCUT2D eigenvalue weighted by atomic mass is 16.2. The zero-order chi connectivity index (χ0) is 13.0. The molecular formula is C13H16N4O. The number of amides is 1. The van der Waals surface area contributed by atoms with Crippen LogP contribution in [0.15, 0.2) is 36.5 Å². The Labute approximate surface area is 106 Å². The van der Waals surface area contributed by atoms with Gasteiger partial charge in [-0.05, 0) is 24.1 Å². The summed E-state index contributed by atoms with van der Waals surface area (Å²) < 4.78 is 1.89. The van der Waals surface area contributed by atoms with Crippen molar-refractivity contribution in [2.75, 3.05) is 0 Å². The number of aromatic nitrogens is 2. The van der Waals surface area contributed by atoms with Gasteiger partial charge in [0.25, 0.3) is 0 Å². The minimum absolute atomic E-state index is 0.189. The van der Waals surface area contributed by atoms with E-state index in [1.54, 1.807) is 0 Å².